The first-order valence-corrected chi connectivity index (χ1v) is 6.97. The highest BCUT2D eigenvalue weighted by atomic mass is 16.2. The monoisotopic (exact) mass is 287 g/mol. The van der Waals surface area contributed by atoms with Gasteiger partial charge in [-0.1, -0.05) is 18.2 Å². The second-order valence-corrected chi connectivity index (χ2v) is 5.58. The lowest BCUT2D eigenvalue weighted by molar-refractivity contribution is -0.135. The first-order chi connectivity index (χ1) is 9.99. The predicted molar refractivity (Wildman–Crippen MR) is 76.1 cm³/mol. The number of carbonyl (C=O) groups excluding carboxylic acids is 3. The number of hydrogen-bond acceptors (Lipinski definition) is 3. The molecular formula is C15H17N3O3. The summed E-state index contributed by atoms with van der Waals surface area (Å²) in [6.07, 6.45) is 0.709. The van der Waals surface area contributed by atoms with Gasteiger partial charge in [0, 0.05) is 25.2 Å². The molecule has 1 aromatic carbocycles. The lowest BCUT2D eigenvalue weighted by Gasteiger charge is -2.23. The Morgan fingerprint density at radius 2 is 2.05 bits per heavy atom. The van der Waals surface area contributed by atoms with Crippen molar-refractivity contribution >= 4 is 23.4 Å². The molecule has 1 N–H and O–H groups in total. The second-order valence-electron chi connectivity index (χ2n) is 5.58. The molecule has 6 heteroatoms. The molecule has 0 bridgehead atoms. The Morgan fingerprint density at radius 3 is 2.71 bits per heavy atom. The Labute approximate surface area is 122 Å². The number of rotatable bonds is 2. The summed E-state index contributed by atoms with van der Waals surface area (Å²) in [5, 5.41) is 1.14. The predicted octanol–water partition coefficient (Wildman–Crippen LogP) is 0.474. The van der Waals surface area contributed by atoms with E-state index in [1.807, 2.05) is 31.2 Å². The van der Waals surface area contributed by atoms with Gasteiger partial charge in [-0.2, -0.15) is 0 Å². The molecule has 1 saturated heterocycles. The second kappa shape index (κ2) is 4.87. The van der Waals surface area contributed by atoms with Crippen LogP contribution < -0.4 is 10.3 Å². The van der Waals surface area contributed by atoms with Crippen LogP contribution in [0.2, 0.25) is 0 Å². The fraction of sp³-hybridized carbons (Fsp3) is 0.400. The number of amides is 3. The number of para-hydroxylation sites is 1. The fourth-order valence-electron chi connectivity index (χ4n) is 3.04. The van der Waals surface area contributed by atoms with Crippen molar-refractivity contribution < 1.29 is 14.4 Å². The molecule has 21 heavy (non-hydrogen) atoms. The summed E-state index contributed by atoms with van der Waals surface area (Å²) in [5.41, 5.74) is 4.42. The SMILES string of the molecule is CC1Cc2ccccc2N1C(=O)CC1C(=O)NN(C)C1=O. The Kier molecular flexibility index (Phi) is 3.16. The average molecular weight is 287 g/mol. The number of anilines is 1. The van der Waals surface area contributed by atoms with Crippen LogP contribution in [0.4, 0.5) is 5.69 Å². The lowest BCUT2D eigenvalue weighted by Crippen LogP contribution is -2.38. The number of nitrogens with one attached hydrogen (secondary N) is 1. The molecule has 0 aliphatic carbocycles. The molecule has 2 aliphatic rings. The highest BCUT2D eigenvalue weighted by molar-refractivity contribution is 6.09. The van der Waals surface area contributed by atoms with E-state index >= 15 is 0 Å². The average Bonchev–Trinajstić information content (AvgIpc) is 2.89. The van der Waals surface area contributed by atoms with Gasteiger partial charge in [0.2, 0.25) is 5.91 Å². The Balaban J connectivity index is 1.80. The van der Waals surface area contributed by atoms with Gasteiger partial charge in [-0.15, -0.1) is 0 Å². The van der Waals surface area contributed by atoms with Gasteiger partial charge in [-0.05, 0) is 25.0 Å². The summed E-state index contributed by atoms with van der Waals surface area (Å²) in [4.78, 5) is 37.8. The molecule has 3 rings (SSSR count). The van der Waals surface area contributed by atoms with Crippen LogP contribution >= 0.6 is 0 Å². The van der Waals surface area contributed by atoms with Gasteiger partial charge in [0.25, 0.3) is 11.8 Å². The van der Waals surface area contributed by atoms with E-state index in [2.05, 4.69) is 5.43 Å². The molecule has 2 unspecified atom stereocenters. The minimum absolute atomic E-state index is 0.0483. The van der Waals surface area contributed by atoms with E-state index in [9.17, 15) is 14.4 Å². The number of benzene rings is 1. The maximum Gasteiger partial charge on any atom is 0.253 e. The Bertz CT molecular complexity index is 628. The standard InChI is InChI=1S/C15H17N3O3/c1-9-7-10-5-3-4-6-12(10)18(9)13(19)8-11-14(20)16-17(2)15(11)21/h3-6,9,11H,7-8H2,1-2H3,(H,16,20). The molecule has 2 heterocycles. The molecule has 0 spiro atoms. The van der Waals surface area contributed by atoms with Crippen molar-refractivity contribution in [3.63, 3.8) is 0 Å². The van der Waals surface area contributed by atoms with Crippen molar-refractivity contribution in [2.24, 2.45) is 5.92 Å². The van der Waals surface area contributed by atoms with Crippen LogP contribution in [0.1, 0.15) is 18.9 Å². The van der Waals surface area contributed by atoms with E-state index in [-0.39, 0.29) is 24.3 Å². The van der Waals surface area contributed by atoms with Crippen molar-refractivity contribution in [1.29, 1.82) is 0 Å². The molecule has 1 aromatic rings. The minimum atomic E-state index is -0.914. The zero-order valence-corrected chi connectivity index (χ0v) is 12.0. The highest BCUT2D eigenvalue weighted by Gasteiger charge is 2.41. The summed E-state index contributed by atoms with van der Waals surface area (Å²) >= 11 is 0. The highest BCUT2D eigenvalue weighted by Crippen LogP contribution is 2.33. The molecule has 110 valence electrons. The molecule has 6 nitrogen and oxygen atoms in total. The molecule has 3 amide bonds. The largest absolute Gasteiger partial charge is 0.309 e. The van der Waals surface area contributed by atoms with Crippen LogP contribution in [-0.2, 0) is 20.8 Å². The van der Waals surface area contributed by atoms with Gasteiger partial charge in [-0.25, -0.2) is 0 Å². The van der Waals surface area contributed by atoms with Gasteiger partial charge >= 0.3 is 0 Å². The normalized spacial score (nSPS) is 24.3. The molecule has 0 radical (unpaired) electrons. The summed E-state index contributed by atoms with van der Waals surface area (Å²) in [7, 11) is 1.48. The maximum atomic E-state index is 12.5. The van der Waals surface area contributed by atoms with E-state index in [1.165, 1.54) is 7.05 Å². The van der Waals surface area contributed by atoms with E-state index in [0.717, 1.165) is 22.7 Å². The van der Waals surface area contributed by atoms with E-state index in [0.29, 0.717) is 0 Å². The van der Waals surface area contributed by atoms with Crippen molar-refractivity contribution in [3.8, 4) is 0 Å². The van der Waals surface area contributed by atoms with Gasteiger partial charge in [-0.3, -0.25) is 24.8 Å². The first kappa shape index (κ1) is 13.6. The number of hydrogen-bond donors (Lipinski definition) is 1. The molecule has 0 saturated carbocycles. The summed E-state index contributed by atoms with van der Waals surface area (Å²) in [5.74, 6) is -1.86. The van der Waals surface area contributed by atoms with Crippen LogP contribution in [0.25, 0.3) is 0 Å². The smallest absolute Gasteiger partial charge is 0.253 e. The third kappa shape index (κ3) is 2.16. The third-order valence-electron chi connectivity index (χ3n) is 4.08. The summed E-state index contributed by atoms with van der Waals surface area (Å²) in [6.45, 7) is 1.97. The summed E-state index contributed by atoms with van der Waals surface area (Å²) in [6, 6.07) is 7.78. The number of carbonyl (C=O) groups is 3. The van der Waals surface area contributed by atoms with Gasteiger partial charge in [0.15, 0.2) is 0 Å². The first-order valence-electron chi connectivity index (χ1n) is 6.97. The topological polar surface area (TPSA) is 69.7 Å². The van der Waals surface area contributed by atoms with E-state index in [1.54, 1.807) is 4.90 Å². The zero-order chi connectivity index (χ0) is 15.1. The minimum Gasteiger partial charge on any atom is -0.309 e. The van der Waals surface area contributed by atoms with Crippen molar-refractivity contribution in [2.45, 2.75) is 25.8 Å². The van der Waals surface area contributed by atoms with Crippen molar-refractivity contribution in [1.82, 2.24) is 10.4 Å². The van der Waals surface area contributed by atoms with Crippen LogP contribution in [0, 0.1) is 5.92 Å². The zero-order valence-electron chi connectivity index (χ0n) is 12.0. The van der Waals surface area contributed by atoms with Crippen LogP contribution in [0.3, 0.4) is 0 Å². The molecule has 1 fully saturated rings. The summed E-state index contributed by atoms with van der Waals surface area (Å²) < 4.78 is 0. The molecule has 2 atom stereocenters. The number of fused-ring (bicyclic) bond motifs is 1. The van der Waals surface area contributed by atoms with Gasteiger partial charge in [0.05, 0.1) is 0 Å². The Hall–Kier alpha value is -2.37. The maximum absolute atomic E-state index is 12.5. The fourth-order valence-corrected chi connectivity index (χ4v) is 3.04. The quantitative estimate of drug-likeness (QED) is 0.804. The Morgan fingerprint density at radius 1 is 1.33 bits per heavy atom. The van der Waals surface area contributed by atoms with Gasteiger partial charge < -0.3 is 4.90 Å². The van der Waals surface area contributed by atoms with Crippen LogP contribution in [0.15, 0.2) is 24.3 Å². The van der Waals surface area contributed by atoms with Crippen LogP contribution in [-0.4, -0.2) is 35.8 Å². The van der Waals surface area contributed by atoms with Crippen LogP contribution in [0.5, 0.6) is 0 Å². The molecule has 2 aliphatic heterocycles. The number of hydrazine groups is 1. The molecular weight excluding hydrogens is 270 g/mol. The van der Waals surface area contributed by atoms with Gasteiger partial charge in [0.1, 0.15) is 5.92 Å². The van der Waals surface area contributed by atoms with E-state index < -0.39 is 11.8 Å². The lowest BCUT2D eigenvalue weighted by atomic mass is 10.0. The molecule has 0 aromatic heterocycles. The number of nitrogens with zero attached hydrogens (tertiary/aromatic N) is 2. The van der Waals surface area contributed by atoms with Crippen molar-refractivity contribution in [2.75, 3.05) is 11.9 Å². The van der Waals surface area contributed by atoms with Crippen molar-refractivity contribution in [3.05, 3.63) is 29.8 Å². The van der Waals surface area contributed by atoms with E-state index in [4.69, 9.17) is 0 Å². The third-order valence-corrected chi connectivity index (χ3v) is 4.08.